The van der Waals surface area contributed by atoms with E-state index >= 15 is 0 Å². The van der Waals surface area contributed by atoms with Crippen molar-refractivity contribution >= 4 is 23.5 Å². The van der Waals surface area contributed by atoms with Crippen LogP contribution in [0.25, 0.3) is 22.5 Å². The lowest BCUT2D eigenvalue weighted by Gasteiger charge is -2.38. The zero-order valence-corrected chi connectivity index (χ0v) is 20.5. The first-order valence-corrected chi connectivity index (χ1v) is 12.2. The molecule has 0 bridgehead atoms. The number of halogens is 1. The smallest absolute Gasteiger partial charge is 0.320 e. The normalized spacial score (nSPS) is 19.5. The van der Waals surface area contributed by atoms with Crippen LogP contribution in [0.3, 0.4) is 0 Å². The molecule has 0 radical (unpaired) electrons. The van der Waals surface area contributed by atoms with Crippen molar-refractivity contribution in [3.05, 3.63) is 113 Å². The summed E-state index contributed by atoms with van der Waals surface area (Å²) in [5.41, 5.74) is 2.84. The van der Waals surface area contributed by atoms with Crippen LogP contribution in [0.1, 0.15) is 36.0 Å². The zero-order valence-electron chi connectivity index (χ0n) is 19.8. The fourth-order valence-electron chi connectivity index (χ4n) is 4.97. The number of carboxylic acid groups (broad SMARTS) is 1. The predicted octanol–water partition coefficient (Wildman–Crippen LogP) is 7.11. The fourth-order valence-corrected chi connectivity index (χ4v) is 5.10. The Labute approximate surface area is 214 Å². The molecule has 4 aromatic rings. The minimum absolute atomic E-state index is 0.172. The standard InChI is InChI=1S/C30H25ClN2O3/c1-20-16-17-30(29(35)36,25(18-20)21-12-14-24(31)15-13-21)28(34)33-27(23-10-6-3-7-11-23)19-26(32-33)22-8-4-2-5-9-22/h2-15,18-19,25H,16-17H2,1H3,(H,35,36). The minimum Gasteiger partial charge on any atom is -0.480 e. The summed E-state index contributed by atoms with van der Waals surface area (Å²) in [6, 6.07) is 27.9. The van der Waals surface area contributed by atoms with Gasteiger partial charge in [-0.2, -0.15) is 9.78 Å². The van der Waals surface area contributed by atoms with E-state index in [1.807, 2.05) is 79.7 Å². The summed E-state index contributed by atoms with van der Waals surface area (Å²) < 4.78 is 1.29. The van der Waals surface area contributed by atoms with Crippen LogP contribution in [-0.2, 0) is 4.79 Å². The van der Waals surface area contributed by atoms with E-state index in [0.717, 1.165) is 22.3 Å². The maximum atomic E-state index is 14.4. The average Bonchev–Trinajstić information content (AvgIpc) is 3.35. The van der Waals surface area contributed by atoms with E-state index in [9.17, 15) is 14.7 Å². The number of carboxylic acids is 1. The first-order chi connectivity index (χ1) is 17.4. The SMILES string of the molecule is CC1=CC(c2ccc(Cl)cc2)C(C(=O)O)(C(=O)n2nc(-c3ccccc3)cc2-c2ccccc2)CC1. The summed E-state index contributed by atoms with van der Waals surface area (Å²) in [4.78, 5) is 27.5. The molecule has 180 valence electrons. The van der Waals surface area contributed by atoms with E-state index in [1.165, 1.54) is 4.68 Å². The van der Waals surface area contributed by atoms with Gasteiger partial charge in [0, 0.05) is 22.1 Å². The Kier molecular flexibility index (Phi) is 6.33. The van der Waals surface area contributed by atoms with Gasteiger partial charge < -0.3 is 5.11 Å². The summed E-state index contributed by atoms with van der Waals surface area (Å²) in [5, 5.41) is 15.9. The molecule has 1 aromatic heterocycles. The van der Waals surface area contributed by atoms with Gasteiger partial charge in [-0.3, -0.25) is 9.59 Å². The number of benzene rings is 3. The summed E-state index contributed by atoms with van der Waals surface area (Å²) in [7, 11) is 0. The summed E-state index contributed by atoms with van der Waals surface area (Å²) in [5.74, 6) is -2.38. The van der Waals surface area contributed by atoms with Crippen molar-refractivity contribution in [1.82, 2.24) is 9.78 Å². The van der Waals surface area contributed by atoms with Crippen LogP contribution in [0.15, 0.2) is 103 Å². The number of rotatable bonds is 5. The average molecular weight is 497 g/mol. The lowest BCUT2D eigenvalue weighted by Crippen LogP contribution is -2.48. The lowest BCUT2D eigenvalue weighted by atomic mass is 9.64. The molecule has 0 saturated carbocycles. The van der Waals surface area contributed by atoms with Gasteiger partial charge in [-0.25, -0.2) is 0 Å². The highest BCUT2D eigenvalue weighted by molar-refractivity contribution is 6.30. The third-order valence-corrected chi connectivity index (χ3v) is 7.18. The van der Waals surface area contributed by atoms with Crippen LogP contribution >= 0.6 is 11.6 Å². The molecule has 0 aliphatic heterocycles. The van der Waals surface area contributed by atoms with Gasteiger partial charge in [0.15, 0.2) is 5.41 Å². The van der Waals surface area contributed by atoms with Crippen molar-refractivity contribution < 1.29 is 14.7 Å². The predicted molar refractivity (Wildman–Crippen MR) is 141 cm³/mol. The number of hydrogen-bond donors (Lipinski definition) is 1. The van der Waals surface area contributed by atoms with Crippen molar-refractivity contribution in [3.8, 4) is 22.5 Å². The van der Waals surface area contributed by atoms with Crippen LogP contribution in [0, 0.1) is 5.41 Å². The van der Waals surface area contributed by atoms with Gasteiger partial charge in [-0.1, -0.05) is 96.0 Å². The topological polar surface area (TPSA) is 72.2 Å². The number of hydrogen-bond acceptors (Lipinski definition) is 3. The molecule has 1 N–H and O–H groups in total. The van der Waals surface area contributed by atoms with E-state index < -0.39 is 23.2 Å². The molecule has 6 heteroatoms. The number of carbonyl (C=O) groups is 2. The number of aromatic nitrogens is 2. The largest absolute Gasteiger partial charge is 0.480 e. The molecule has 0 amide bonds. The van der Waals surface area contributed by atoms with Crippen LogP contribution in [-0.4, -0.2) is 26.8 Å². The second kappa shape index (κ2) is 9.59. The van der Waals surface area contributed by atoms with Crippen molar-refractivity contribution in [3.63, 3.8) is 0 Å². The Morgan fingerprint density at radius 1 is 0.944 bits per heavy atom. The van der Waals surface area contributed by atoms with Crippen LogP contribution in [0.4, 0.5) is 0 Å². The third kappa shape index (κ3) is 4.16. The molecule has 2 unspecified atom stereocenters. The van der Waals surface area contributed by atoms with Crippen LogP contribution in [0.2, 0.25) is 5.02 Å². The Balaban J connectivity index is 1.71. The fraction of sp³-hybridized carbons (Fsp3) is 0.167. The van der Waals surface area contributed by atoms with E-state index in [-0.39, 0.29) is 6.42 Å². The number of aliphatic carboxylic acids is 1. The molecular formula is C30H25ClN2O3. The molecule has 0 saturated heterocycles. The Bertz CT molecular complexity index is 1440. The zero-order chi connectivity index (χ0) is 25.3. The van der Waals surface area contributed by atoms with Gasteiger partial charge in [0.1, 0.15) is 0 Å². The van der Waals surface area contributed by atoms with Gasteiger partial charge in [0.05, 0.1) is 11.4 Å². The lowest BCUT2D eigenvalue weighted by molar-refractivity contribution is -0.147. The number of nitrogens with zero attached hydrogens (tertiary/aromatic N) is 2. The van der Waals surface area contributed by atoms with Gasteiger partial charge in [-0.05, 0) is 43.5 Å². The highest BCUT2D eigenvalue weighted by Crippen LogP contribution is 2.48. The molecule has 1 heterocycles. The second-order valence-corrected chi connectivity index (χ2v) is 9.62. The van der Waals surface area contributed by atoms with E-state index in [4.69, 9.17) is 11.6 Å². The molecule has 0 fully saturated rings. The van der Waals surface area contributed by atoms with Crippen molar-refractivity contribution in [2.45, 2.75) is 25.7 Å². The molecule has 5 rings (SSSR count). The van der Waals surface area contributed by atoms with Crippen molar-refractivity contribution in [2.24, 2.45) is 5.41 Å². The van der Waals surface area contributed by atoms with Gasteiger partial charge in [0.2, 0.25) is 0 Å². The summed E-state index contributed by atoms with van der Waals surface area (Å²) in [6.07, 6.45) is 2.59. The molecule has 2 atom stereocenters. The van der Waals surface area contributed by atoms with Crippen LogP contribution in [0.5, 0.6) is 0 Å². The molecule has 3 aromatic carbocycles. The number of allylic oxidation sites excluding steroid dienone is 2. The Hall–Kier alpha value is -3.96. The Morgan fingerprint density at radius 2 is 1.56 bits per heavy atom. The minimum atomic E-state index is -1.73. The quantitative estimate of drug-likeness (QED) is 0.236. The molecular weight excluding hydrogens is 472 g/mol. The third-order valence-electron chi connectivity index (χ3n) is 6.93. The van der Waals surface area contributed by atoms with Gasteiger partial charge >= 0.3 is 5.97 Å². The highest BCUT2D eigenvalue weighted by Gasteiger charge is 2.55. The Morgan fingerprint density at radius 3 is 2.17 bits per heavy atom. The molecule has 36 heavy (non-hydrogen) atoms. The van der Waals surface area contributed by atoms with Crippen molar-refractivity contribution in [1.29, 1.82) is 0 Å². The van der Waals surface area contributed by atoms with Crippen molar-refractivity contribution in [2.75, 3.05) is 0 Å². The van der Waals surface area contributed by atoms with Crippen LogP contribution < -0.4 is 0 Å². The van der Waals surface area contributed by atoms with E-state index in [1.54, 1.807) is 24.3 Å². The monoisotopic (exact) mass is 496 g/mol. The first kappa shape index (κ1) is 23.8. The molecule has 1 aliphatic carbocycles. The number of carbonyl (C=O) groups excluding carboxylic acids is 1. The molecule has 0 spiro atoms. The van der Waals surface area contributed by atoms with E-state index in [0.29, 0.717) is 22.8 Å². The summed E-state index contributed by atoms with van der Waals surface area (Å²) >= 11 is 6.11. The summed E-state index contributed by atoms with van der Waals surface area (Å²) in [6.45, 7) is 1.97. The van der Waals surface area contributed by atoms with Gasteiger partial charge in [-0.15, -0.1) is 0 Å². The maximum Gasteiger partial charge on any atom is 0.320 e. The molecule has 5 nitrogen and oxygen atoms in total. The highest BCUT2D eigenvalue weighted by atomic mass is 35.5. The second-order valence-electron chi connectivity index (χ2n) is 9.18. The maximum absolute atomic E-state index is 14.4. The molecule has 1 aliphatic rings. The first-order valence-electron chi connectivity index (χ1n) is 11.8. The van der Waals surface area contributed by atoms with Gasteiger partial charge in [0.25, 0.3) is 5.91 Å². The van der Waals surface area contributed by atoms with E-state index in [2.05, 4.69) is 5.10 Å².